The molecule has 1 unspecified atom stereocenters. The zero-order valence-corrected chi connectivity index (χ0v) is 24.0. The highest BCUT2D eigenvalue weighted by atomic mass is 31.1. The Hall–Kier alpha value is -2.44. The van der Waals surface area contributed by atoms with Crippen LogP contribution in [-0.2, 0) is 17.4 Å². The van der Waals surface area contributed by atoms with Gasteiger partial charge in [0.15, 0.2) is 0 Å². The quantitative estimate of drug-likeness (QED) is 0.258. The Morgan fingerprint density at radius 1 is 0.743 bits per heavy atom. The van der Waals surface area contributed by atoms with Gasteiger partial charge in [-0.15, -0.1) is 0 Å². The highest BCUT2D eigenvalue weighted by Crippen LogP contribution is 2.37. The maximum atomic E-state index is 6.65. The second-order valence-electron chi connectivity index (χ2n) is 12.3. The SMILES string of the molecule is CC(C)(C)N=Cc1ccccc1Pc1cc(C(C)(C)C)cc(C(C)(C)C)c1OCc1ccccc1. The highest BCUT2D eigenvalue weighted by Gasteiger charge is 2.26. The third-order valence-corrected chi connectivity index (χ3v) is 7.18. The molecular weight excluding hydrogens is 445 g/mol. The largest absolute Gasteiger partial charge is 0.488 e. The first kappa shape index (κ1) is 27.2. The van der Waals surface area contributed by atoms with Crippen molar-refractivity contribution in [1.82, 2.24) is 0 Å². The van der Waals surface area contributed by atoms with Crippen LogP contribution in [0.5, 0.6) is 5.75 Å². The summed E-state index contributed by atoms with van der Waals surface area (Å²) in [5.74, 6) is 1.02. The molecule has 0 aliphatic heterocycles. The van der Waals surface area contributed by atoms with E-state index in [0.29, 0.717) is 15.2 Å². The van der Waals surface area contributed by atoms with Crippen LogP contribution < -0.4 is 15.3 Å². The Labute approximate surface area is 215 Å². The van der Waals surface area contributed by atoms with Crippen LogP contribution in [0.3, 0.4) is 0 Å². The van der Waals surface area contributed by atoms with E-state index in [2.05, 4.69) is 123 Å². The fourth-order valence-corrected chi connectivity index (χ4v) is 5.04. The molecule has 1 atom stereocenters. The monoisotopic (exact) mass is 487 g/mol. The molecule has 3 heteroatoms. The molecule has 0 aliphatic carbocycles. The van der Waals surface area contributed by atoms with Gasteiger partial charge in [-0.3, -0.25) is 4.99 Å². The smallest absolute Gasteiger partial charge is 0.131 e. The number of ether oxygens (including phenoxy) is 1. The lowest BCUT2D eigenvalue weighted by Crippen LogP contribution is -2.23. The third-order valence-electron chi connectivity index (χ3n) is 5.81. The molecule has 0 saturated heterocycles. The van der Waals surface area contributed by atoms with E-state index in [1.165, 1.54) is 32.9 Å². The van der Waals surface area contributed by atoms with Gasteiger partial charge in [-0.05, 0) is 54.1 Å². The molecule has 0 spiro atoms. The first-order valence-electron chi connectivity index (χ1n) is 12.5. The summed E-state index contributed by atoms with van der Waals surface area (Å²) in [4.78, 5) is 4.79. The summed E-state index contributed by atoms with van der Waals surface area (Å²) in [5.41, 5.74) is 4.87. The zero-order valence-electron chi connectivity index (χ0n) is 23.0. The molecule has 3 rings (SSSR count). The summed E-state index contributed by atoms with van der Waals surface area (Å²) in [6, 6.07) is 23.8. The molecule has 186 valence electrons. The topological polar surface area (TPSA) is 21.6 Å². The molecule has 0 aliphatic rings. The molecule has 3 aromatic carbocycles. The van der Waals surface area contributed by atoms with Gasteiger partial charge in [0.05, 0.1) is 5.54 Å². The van der Waals surface area contributed by atoms with E-state index in [-0.39, 0.29) is 16.4 Å². The lowest BCUT2D eigenvalue weighted by molar-refractivity contribution is 0.300. The molecule has 0 bridgehead atoms. The van der Waals surface area contributed by atoms with E-state index < -0.39 is 0 Å². The Bertz CT molecular complexity index is 1160. The van der Waals surface area contributed by atoms with Crippen LogP contribution in [0.2, 0.25) is 0 Å². The minimum Gasteiger partial charge on any atom is -0.488 e. The van der Waals surface area contributed by atoms with Crippen molar-refractivity contribution in [1.29, 1.82) is 0 Å². The van der Waals surface area contributed by atoms with Gasteiger partial charge in [-0.2, -0.15) is 0 Å². The maximum Gasteiger partial charge on any atom is 0.131 e. The van der Waals surface area contributed by atoms with Crippen molar-refractivity contribution >= 4 is 25.4 Å². The van der Waals surface area contributed by atoms with Crippen molar-refractivity contribution in [2.45, 2.75) is 85.3 Å². The summed E-state index contributed by atoms with van der Waals surface area (Å²) in [6.07, 6.45) is 2.03. The van der Waals surface area contributed by atoms with E-state index in [0.717, 1.165) is 5.75 Å². The van der Waals surface area contributed by atoms with Crippen LogP contribution in [0.25, 0.3) is 0 Å². The number of nitrogens with zero attached hydrogens (tertiary/aromatic N) is 1. The summed E-state index contributed by atoms with van der Waals surface area (Å²) in [7, 11) is 0.470. The van der Waals surface area contributed by atoms with Crippen molar-refractivity contribution in [2.75, 3.05) is 0 Å². The normalized spacial score (nSPS) is 13.2. The van der Waals surface area contributed by atoms with Gasteiger partial charge in [0, 0.05) is 22.6 Å². The molecule has 2 nitrogen and oxygen atoms in total. The summed E-state index contributed by atoms with van der Waals surface area (Å²) >= 11 is 0. The van der Waals surface area contributed by atoms with Gasteiger partial charge in [0.25, 0.3) is 0 Å². The molecule has 35 heavy (non-hydrogen) atoms. The van der Waals surface area contributed by atoms with Crippen LogP contribution >= 0.6 is 8.58 Å². The van der Waals surface area contributed by atoms with Crippen molar-refractivity contribution < 1.29 is 4.74 Å². The van der Waals surface area contributed by atoms with Gasteiger partial charge in [0.2, 0.25) is 0 Å². The van der Waals surface area contributed by atoms with E-state index in [1.54, 1.807) is 0 Å². The molecule has 0 saturated carbocycles. The molecule has 0 heterocycles. The Kier molecular flexibility index (Phi) is 8.28. The molecule has 0 N–H and O–H groups in total. The lowest BCUT2D eigenvalue weighted by Gasteiger charge is -2.29. The van der Waals surface area contributed by atoms with Crippen LogP contribution in [0, 0.1) is 0 Å². The fourth-order valence-electron chi connectivity index (χ4n) is 3.73. The minimum absolute atomic E-state index is 0.0419. The predicted molar refractivity (Wildman–Crippen MR) is 156 cm³/mol. The Morgan fingerprint density at radius 3 is 1.97 bits per heavy atom. The molecule has 0 aromatic heterocycles. The van der Waals surface area contributed by atoms with Gasteiger partial charge in [-0.25, -0.2) is 0 Å². The summed E-state index contributed by atoms with van der Waals surface area (Å²) in [6.45, 7) is 20.7. The second-order valence-corrected chi connectivity index (χ2v) is 13.6. The number of hydrogen-bond donors (Lipinski definition) is 0. The van der Waals surface area contributed by atoms with Gasteiger partial charge < -0.3 is 4.74 Å². The number of benzene rings is 3. The Balaban J connectivity index is 2.14. The highest BCUT2D eigenvalue weighted by molar-refractivity contribution is 7.56. The third kappa shape index (κ3) is 7.77. The Morgan fingerprint density at radius 2 is 1.37 bits per heavy atom. The standard InChI is InChI=1S/C32H42NOP/c1-30(2,3)25-19-26(31(4,5)6)29(34-22-23-15-11-10-12-16-23)28(20-25)35-27-18-14-13-17-24(27)21-33-32(7,8)9/h10-21,35H,22H2,1-9H3. The van der Waals surface area contributed by atoms with Gasteiger partial charge in [0.1, 0.15) is 12.4 Å². The second kappa shape index (κ2) is 10.7. The number of aliphatic imine (C=N–C) groups is 1. The van der Waals surface area contributed by atoms with E-state index in [9.17, 15) is 0 Å². The average molecular weight is 488 g/mol. The molecule has 0 amide bonds. The first-order chi connectivity index (χ1) is 16.2. The molecular formula is C32H42NOP. The van der Waals surface area contributed by atoms with Crippen molar-refractivity contribution in [2.24, 2.45) is 4.99 Å². The van der Waals surface area contributed by atoms with E-state index in [1.807, 2.05) is 12.3 Å². The van der Waals surface area contributed by atoms with Crippen molar-refractivity contribution in [3.8, 4) is 5.75 Å². The van der Waals surface area contributed by atoms with Gasteiger partial charge >= 0.3 is 0 Å². The first-order valence-corrected chi connectivity index (χ1v) is 13.5. The zero-order chi connectivity index (χ0) is 25.9. The van der Waals surface area contributed by atoms with E-state index >= 15 is 0 Å². The lowest BCUT2D eigenvalue weighted by atomic mass is 9.80. The maximum absolute atomic E-state index is 6.65. The van der Waals surface area contributed by atoms with Crippen LogP contribution in [0.4, 0.5) is 0 Å². The molecule has 0 fully saturated rings. The fraction of sp³-hybridized carbons (Fsp3) is 0.406. The van der Waals surface area contributed by atoms with Crippen LogP contribution in [0.15, 0.2) is 71.7 Å². The molecule has 0 radical (unpaired) electrons. The summed E-state index contributed by atoms with van der Waals surface area (Å²) < 4.78 is 6.65. The number of hydrogen-bond acceptors (Lipinski definition) is 2. The number of rotatable bonds is 6. The summed E-state index contributed by atoms with van der Waals surface area (Å²) in [5, 5.41) is 2.55. The van der Waals surface area contributed by atoms with Crippen LogP contribution in [0.1, 0.15) is 84.6 Å². The van der Waals surface area contributed by atoms with E-state index in [4.69, 9.17) is 9.73 Å². The molecule has 3 aromatic rings. The predicted octanol–water partition coefficient (Wildman–Crippen LogP) is 7.71. The minimum atomic E-state index is -0.105. The van der Waals surface area contributed by atoms with Crippen molar-refractivity contribution in [3.05, 3.63) is 89.0 Å². The van der Waals surface area contributed by atoms with Crippen molar-refractivity contribution in [3.63, 3.8) is 0 Å². The average Bonchev–Trinajstić information content (AvgIpc) is 2.76. The van der Waals surface area contributed by atoms with Gasteiger partial charge in [-0.1, -0.05) is 111 Å². The van der Waals surface area contributed by atoms with Crippen LogP contribution in [-0.4, -0.2) is 11.8 Å².